The molecule has 0 radical (unpaired) electrons. The minimum atomic E-state index is 0.482. The number of anilines is 1. The number of thiazole rings is 1. The van der Waals surface area contributed by atoms with Crippen molar-refractivity contribution in [3.8, 4) is 0 Å². The predicted molar refractivity (Wildman–Crippen MR) is 86.5 cm³/mol. The van der Waals surface area contributed by atoms with Gasteiger partial charge in [-0.15, -0.1) is 11.3 Å². The number of thioether (sulfide) groups is 1. The molecule has 1 N–H and O–H groups in total. The summed E-state index contributed by atoms with van der Waals surface area (Å²) in [4.78, 5) is 8.20. The third-order valence-corrected chi connectivity index (χ3v) is 4.48. The van der Waals surface area contributed by atoms with E-state index in [-0.39, 0.29) is 0 Å². The first-order valence-corrected chi connectivity index (χ1v) is 8.70. The molecule has 0 atom stereocenters. The molecule has 0 aliphatic heterocycles. The number of nitrogens with zero attached hydrogens (tertiary/aromatic N) is 2. The van der Waals surface area contributed by atoms with Gasteiger partial charge in [-0.1, -0.05) is 13.8 Å². The summed E-state index contributed by atoms with van der Waals surface area (Å²) >= 11 is 3.62. The fraction of sp³-hybridized carbons (Fsp3) is 0.769. The summed E-state index contributed by atoms with van der Waals surface area (Å²) < 4.78 is 5.24. The molecule has 4 nitrogen and oxygen atoms in total. The summed E-state index contributed by atoms with van der Waals surface area (Å²) in [6, 6.07) is 0.482. The SMILES string of the molecule is COCc1nc(N(C)CCSC)sc1CNC(C)C. The average Bonchev–Trinajstić information content (AvgIpc) is 2.77. The Labute approximate surface area is 124 Å². The second-order valence-corrected chi connectivity index (χ2v) is 6.80. The van der Waals surface area contributed by atoms with Gasteiger partial charge in [-0.25, -0.2) is 4.98 Å². The molecule has 0 fully saturated rings. The highest BCUT2D eigenvalue weighted by atomic mass is 32.2. The fourth-order valence-electron chi connectivity index (χ4n) is 1.54. The Morgan fingerprint density at radius 1 is 1.47 bits per heavy atom. The number of aromatic nitrogens is 1. The van der Waals surface area contributed by atoms with Gasteiger partial charge in [0.15, 0.2) is 5.13 Å². The predicted octanol–water partition coefficient (Wildman–Crippen LogP) is 2.59. The lowest BCUT2D eigenvalue weighted by Gasteiger charge is -2.14. The van der Waals surface area contributed by atoms with Crippen LogP contribution in [-0.2, 0) is 17.9 Å². The lowest BCUT2D eigenvalue weighted by atomic mass is 10.3. The van der Waals surface area contributed by atoms with Gasteiger partial charge in [-0.3, -0.25) is 0 Å². The van der Waals surface area contributed by atoms with Crippen LogP contribution < -0.4 is 10.2 Å². The second-order valence-electron chi connectivity index (χ2n) is 4.75. The maximum atomic E-state index is 5.24. The van der Waals surface area contributed by atoms with Crippen LogP contribution >= 0.6 is 23.1 Å². The molecule has 0 bridgehead atoms. The number of ether oxygens (including phenoxy) is 1. The standard InChI is InChI=1S/C13H25N3OS2/c1-10(2)14-8-12-11(9-17-4)15-13(19-12)16(3)6-7-18-5/h10,14H,6-9H2,1-5H3. The zero-order valence-electron chi connectivity index (χ0n) is 12.5. The third-order valence-electron chi connectivity index (χ3n) is 2.68. The van der Waals surface area contributed by atoms with E-state index in [0.29, 0.717) is 12.6 Å². The maximum Gasteiger partial charge on any atom is 0.185 e. The summed E-state index contributed by atoms with van der Waals surface area (Å²) in [6.45, 7) is 6.79. The van der Waals surface area contributed by atoms with Crippen molar-refractivity contribution in [2.45, 2.75) is 33.0 Å². The van der Waals surface area contributed by atoms with E-state index in [9.17, 15) is 0 Å². The Bertz CT molecular complexity index is 369. The van der Waals surface area contributed by atoms with Crippen LogP contribution in [0.1, 0.15) is 24.4 Å². The van der Waals surface area contributed by atoms with E-state index < -0.39 is 0 Å². The Balaban J connectivity index is 2.74. The highest BCUT2D eigenvalue weighted by Gasteiger charge is 2.14. The summed E-state index contributed by atoms with van der Waals surface area (Å²) in [5.74, 6) is 1.12. The highest BCUT2D eigenvalue weighted by molar-refractivity contribution is 7.98. The summed E-state index contributed by atoms with van der Waals surface area (Å²) in [7, 11) is 3.82. The Kier molecular flexibility index (Phi) is 7.75. The van der Waals surface area contributed by atoms with E-state index in [1.807, 2.05) is 11.8 Å². The second kappa shape index (κ2) is 8.79. The number of rotatable bonds is 9. The van der Waals surface area contributed by atoms with Crippen LogP contribution in [0.4, 0.5) is 5.13 Å². The van der Waals surface area contributed by atoms with Gasteiger partial charge in [-0.2, -0.15) is 11.8 Å². The maximum absolute atomic E-state index is 5.24. The van der Waals surface area contributed by atoms with Crippen molar-refractivity contribution in [1.82, 2.24) is 10.3 Å². The molecule has 1 rings (SSSR count). The van der Waals surface area contributed by atoms with Crippen LogP contribution in [0.5, 0.6) is 0 Å². The lowest BCUT2D eigenvalue weighted by Crippen LogP contribution is -2.21. The van der Waals surface area contributed by atoms with Gasteiger partial charge in [0.1, 0.15) is 0 Å². The zero-order chi connectivity index (χ0) is 14.3. The molecule has 1 aromatic rings. The van der Waals surface area contributed by atoms with Gasteiger partial charge < -0.3 is 15.0 Å². The van der Waals surface area contributed by atoms with E-state index in [4.69, 9.17) is 9.72 Å². The highest BCUT2D eigenvalue weighted by Crippen LogP contribution is 2.26. The van der Waals surface area contributed by atoms with Gasteiger partial charge in [-0.05, 0) is 6.26 Å². The normalized spacial score (nSPS) is 11.3. The van der Waals surface area contributed by atoms with Crippen LogP contribution in [0.15, 0.2) is 0 Å². The molecular formula is C13H25N3OS2. The molecule has 0 aromatic carbocycles. The average molecular weight is 303 g/mol. The minimum absolute atomic E-state index is 0.482. The fourth-order valence-corrected chi connectivity index (χ4v) is 3.00. The van der Waals surface area contributed by atoms with E-state index in [2.05, 4.69) is 37.4 Å². The van der Waals surface area contributed by atoms with Crippen molar-refractivity contribution in [3.63, 3.8) is 0 Å². The monoisotopic (exact) mass is 303 g/mol. The molecule has 19 heavy (non-hydrogen) atoms. The van der Waals surface area contributed by atoms with Crippen LogP contribution in [0.2, 0.25) is 0 Å². The van der Waals surface area contributed by atoms with Crippen LogP contribution in [0, 0.1) is 0 Å². The van der Waals surface area contributed by atoms with Gasteiger partial charge in [0, 0.05) is 43.9 Å². The third kappa shape index (κ3) is 5.69. The van der Waals surface area contributed by atoms with Gasteiger partial charge in [0.05, 0.1) is 12.3 Å². The molecule has 0 saturated carbocycles. The smallest absolute Gasteiger partial charge is 0.185 e. The molecule has 1 aromatic heterocycles. The lowest BCUT2D eigenvalue weighted by molar-refractivity contribution is 0.181. The molecule has 0 spiro atoms. The van der Waals surface area contributed by atoms with E-state index in [1.165, 1.54) is 4.88 Å². The molecule has 0 aliphatic rings. The van der Waals surface area contributed by atoms with Crippen LogP contribution in [-0.4, -0.2) is 43.7 Å². The molecule has 0 unspecified atom stereocenters. The summed E-state index contributed by atoms with van der Waals surface area (Å²) in [5.41, 5.74) is 1.06. The van der Waals surface area contributed by atoms with Crippen LogP contribution in [0.3, 0.4) is 0 Å². The summed E-state index contributed by atoms with van der Waals surface area (Å²) in [5, 5.41) is 4.53. The van der Waals surface area contributed by atoms with E-state index >= 15 is 0 Å². The van der Waals surface area contributed by atoms with Gasteiger partial charge >= 0.3 is 0 Å². The van der Waals surface area contributed by atoms with Crippen LogP contribution in [0.25, 0.3) is 0 Å². The molecular weight excluding hydrogens is 278 g/mol. The van der Waals surface area contributed by atoms with Crippen molar-refractivity contribution in [2.24, 2.45) is 0 Å². The van der Waals surface area contributed by atoms with Crippen molar-refractivity contribution in [1.29, 1.82) is 0 Å². The Morgan fingerprint density at radius 3 is 2.79 bits per heavy atom. The largest absolute Gasteiger partial charge is 0.378 e. The number of hydrogen-bond acceptors (Lipinski definition) is 6. The zero-order valence-corrected chi connectivity index (χ0v) is 14.2. The first-order chi connectivity index (χ1) is 9.08. The first-order valence-electron chi connectivity index (χ1n) is 6.49. The molecule has 0 saturated heterocycles. The molecule has 0 amide bonds. The number of nitrogens with one attached hydrogen (secondary N) is 1. The quantitative estimate of drug-likeness (QED) is 0.759. The molecule has 0 aliphatic carbocycles. The molecule has 6 heteroatoms. The van der Waals surface area contributed by atoms with E-state index in [0.717, 1.165) is 29.7 Å². The Hall–Kier alpha value is -0.300. The Morgan fingerprint density at radius 2 is 2.21 bits per heavy atom. The van der Waals surface area contributed by atoms with Crippen molar-refractivity contribution >= 4 is 28.2 Å². The number of hydrogen-bond donors (Lipinski definition) is 1. The summed E-state index contributed by atoms with van der Waals surface area (Å²) in [6.07, 6.45) is 2.13. The van der Waals surface area contributed by atoms with Gasteiger partial charge in [0.2, 0.25) is 0 Å². The topological polar surface area (TPSA) is 37.4 Å². The number of methoxy groups -OCH3 is 1. The van der Waals surface area contributed by atoms with Crippen molar-refractivity contribution in [3.05, 3.63) is 10.6 Å². The minimum Gasteiger partial charge on any atom is -0.378 e. The van der Waals surface area contributed by atoms with Crippen molar-refractivity contribution in [2.75, 3.05) is 37.6 Å². The van der Waals surface area contributed by atoms with Gasteiger partial charge in [0.25, 0.3) is 0 Å². The van der Waals surface area contributed by atoms with E-state index in [1.54, 1.807) is 18.4 Å². The molecule has 110 valence electrons. The molecule has 1 heterocycles. The van der Waals surface area contributed by atoms with Crippen molar-refractivity contribution < 1.29 is 4.74 Å². The first kappa shape index (κ1) is 16.8.